The van der Waals surface area contributed by atoms with Gasteiger partial charge in [0.15, 0.2) is 0 Å². The van der Waals surface area contributed by atoms with Gasteiger partial charge in [-0.3, -0.25) is 5.32 Å². The summed E-state index contributed by atoms with van der Waals surface area (Å²) in [4.78, 5) is 0.156. The predicted molar refractivity (Wildman–Crippen MR) is 57.6 cm³/mol. The molecule has 0 aromatic heterocycles. The Morgan fingerprint density at radius 1 is 1.42 bits per heavy atom. The number of rotatable bonds is 4. The van der Waals surface area contributed by atoms with Gasteiger partial charge in [0.1, 0.15) is 0 Å². The van der Waals surface area contributed by atoms with Crippen molar-refractivity contribution in [3.8, 4) is 0 Å². The highest BCUT2D eigenvalue weighted by Gasteiger charge is 2.52. The lowest BCUT2D eigenvalue weighted by Crippen LogP contribution is -2.15. The monoisotopic (exact) mass is 187 g/mol. The first-order chi connectivity index (χ1) is 5.49. The molecular weight excluding hydrogens is 166 g/mol. The SMILES string of the molecule is CCC(C)CC1(S)NC1C(C)C. The molecule has 1 aliphatic rings. The topological polar surface area (TPSA) is 21.9 Å². The maximum absolute atomic E-state index is 4.68. The van der Waals surface area contributed by atoms with E-state index < -0.39 is 0 Å². The van der Waals surface area contributed by atoms with Gasteiger partial charge in [-0.15, -0.1) is 0 Å². The van der Waals surface area contributed by atoms with Crippen molar-refractivity contribution >= 4 is 12.6 Å². The van der Waals surface area contributed by atoms with Gasteiger partial charge in [-0.05, 0) is 18.3 Å². The van der Waals surface area contributed by atoms with E-state index in [4.69, 9.17) is 0 Å². The molecule has 0 saturated carbocycles. The number of hydrogen-bond acceptors (Lipinski definition) is 2. The second-order valence-electron chi connectivity index (χ2n) is 4.51. The largest absolute Gasteiger partial charge is 0.296 e. The highest BCUT2D eigenvalue weighted by atomic mass is 32.1. The van der Waals surface area contributed by atoms with E-state index in [0.29, 0.717) is 12.0 Å². The van der Waals surface area contributed by atoms with Crippen LogP contribution in [0, 0.1) is 11.8 Å². The summed E-state index contributed by atoms with van der Waals surface area (Å²) >= 11 is 4.68. The summed E-state index contributed by atoms with van der Waals surface area (Å²) in [5, 5.41) is 3.47. The van der Waals surface area contributed by atoms with Gasteiger partial charge in [0.2, 0.25) is 0 Å². The van der Waals surface area contributed by atoms with Crippen molar-refractivity contribution in [2.24, 2.45) is 11.8 Å². The molecule has 0 amide bonds. The maximum Gasteiger partial charge on any atom is 0.0779 e. The van der Waals surface area contributed by atoms with E-state index in [2.05, 4.69) is 45.6 Å². The van der Waals surface area contributed by atoms with Crippen molar-refractivity contribution in [3.63, 3.8) is 0 Å². The fraction of sp³-hybridized carbons (Fsp3) is 1.00. The third-order valence-electron chi connectivity index (χ3n) is 2.86. The van der Waals surface area contributed by atoms with Crippen LogP contribution in [0.25, 0.3) is 0 Å². The molecule has 0 aromatic carbocycles. The van der Waals surface area contributed by atoms with Crippen molar-refractivity contribution in [3.05, 3.63) is 0 Å². The molecule has 3 unspecified atom stereocenters. The zero-order valence-electron chi connectivity index (χ0n) is 8.59. The molecule has 1 nitrogen and oxygen atoms in total. The van der Waals surface area contributed by atoms with Crippen LogP contribution in [0.1, 0.15) is 40.5 Å². The van der Waals surface area contributed by atoms with Gasteiger partial charge < -0.3 is 0 Å². The maximum atomic E-state index is 4.68. The molecule has 0 aliphatic carbocycles. The standard InChI is InChI=1S/C10H21NS/c1-5-8(4)6-10(12)9(11-10)7(2)3/h7-9,11-12H,5-6H2,1-4H3. The van der Waals surface area contributed by atoms with Crippen LogP contribution in [-0.4, -0.2) is 10.9 Å². The Morgan fingerprint density at radius 3 is 2.33 bits per heavy atom. The Labute approximate surface area is 81.7 Å². The highest BCUT2D eigenvalue weighted by molar-refractivity contribution is 7.82. The summed E-state index contributed by atoms with van der Waals surface area (Å²) in [6.45, 7) is 9.06. The van der Waals surface area contributed by atoms with Gasteiger partial charge >= 0.3 is 0 Å². The summed E-state index contributed by atoms with van der Waals surface area (Å²) in [7, 11) is 0. The van der Waals surface area contributed by atoms with Gasteiger partial charge in [0, 0.05) is 6.04 Å². The molecule has 0 radical (unpaired) electrons. The zero-order valence-corrected chi connectivity index (χ0v) is 9.49. The lowest BCUT2D eigenvalue weighted by molar-refractivity contribution is 0.477. The van der Waals surface area contributed by atoms with Gasteiger partial charge in [0.05, 0.1) is 4.87 Å². The van der Waals surface area contributed by atoms with Crippen LogP contribution < -0.4 is 5.32 Å². The van der Waals surface area contributed by atoms with Crippen LogP contribution in [0.3, 0.4) is 0 Å². The summed E-state index contributed by atoms with van der Waals surface area (Å²) in [6.07, 6.45) is 2.46. The second kappa shape index (κ2) is 3.59. The summed E-state index contributed by atoms with van der Waals surface area (Å²) in [5.74, 6) is 1.50. The Hall–Kier alpha value is 0.310. The van der Waals surface area contributed by atoms with E-state index in [-0.39, 0.29) is 4.87 Å². The molecule has 1 heterocycles. The molecule has 1 saturated heterocycles. The van der Waals surface area contributed by atoms with Crippen molar-refractivity contribution in [1.82, 2.24) is 5.32 Å². The van der Waals surface area contributed by atoms with Crippen LogP contribution in [0.5, 0.6) is 0 Å². The lowest BCUT2D eigenvalue weighted by Gasteiger charge is -2.14. The summed E-state index contributed by atoms with van der Waals surface area (Å²) in [6, 6.07) is 0.634. The minimum atomic E-state index is 0.156. The molecule has 3 atom stereocenters. The highest BCUT2D eigenvalue weighted by Crippen LogP contribution is 2.41. The molecule has 1 rings (SSSR count). The smallest absolute Gasteiger partial charge is 0.0779 e. The normalized spacial score (nSPS) is 37.0. The molecule has 0 aromatic rings. The van der Waals surface area contributed by atoms with Gasteiger partial charge in [-0.2, -0.15) is 12.6 Å². The Morgan fingerprint density at radius 2 is 2.00 bits per heavy atom. The first-order valence-electron chi connectivity index (χ1n) is 4.99. The van der Waals surface area contributed by atoms with Crippen molar-refractivity contribution in [1.29, 1.82) is 0 Å². The van der Waals surface area contributed by atoms with E-state index in [1.165, 1.54) is 12.8 Å². The van der Waals surface area contributed by atoms with Gasteiger partial charge in [-0.1, -0.05) is 34.1 Å². The average Bonchev–Trinajstić information content (AvgIpc) is 2.62. The van der Waals surface area contributed by atoms with Crippen molar-refractivity contribution < 1.29 is 0 Å². The minimum Gasteiger partial charge on any atom is -0.296 e. The molecule has 1 aliphatic heterocycles. The zero-order chi connectivity index (χ0) is 9.35. The van der Waals surface area contributed by atoms with E-state index in [1.807, 2.05) is 0 Å². The average molecular weight is 187 g/mol. The fourth-order valence-electron chi connectivity index (χ4n) is 1.81. The van der Waals surface area contributed by atoms with E-state index in [0.717, 1.165) is 5.92 Å². The molecule has 72 valence electrons. The molecule has 0 spiro atoms. The van der Waals surface area contributed by atoms with Crippen LogP contribution in [0.4, 0.5) is 0 Å². The quantitative estimate of drug-likeness (QED) is 0.512. The molecule has 2 heteroatoms. The van der Waals surface area contributed by atoms with Crippen LogP contribution in [0.2, 0.25) is 0 Å². The Balaban J connectivity index is 2.35. The second-order valence-corrected chi connectivity index (χ2v) is 5.31. The third kappa shape index (κ3) is 2.17. The van der Waals surface area contributed by atoms with Crippen molar-refractivity contribution in [2.45, 2.75) is 51.4 Å². The predicted octanol–water partition coefficient (Wildman–Crippen LogP) is 2.68. The third-order valence-corrected chi connectivity index (χ3v) is 3.45. The van der Waals surface area contributed by atoms with E-state index in [9.17, 15) is 0 Å². The molecule has 1 fully saturated rings. The fourth-order valence-corrected chi connectivity index (χ4v) is 2.56. The first kappa shape index (κ1) is 10.4. The number of nitrogens with one attached hydrogen (secondary N) is 1. The van der Waals surface area contributed by atoms with Gasteiger partial charge in [0.25, 0.3) is 0 Å². The Bertz CT molecular complexity index is 158. The minimum absolute atomic E-state index is 0.156. The van der Waals surface area contributed by atoms with Gasteiger partial charge in [-0.25, -0.2) is 0 Å². The van der Waals surface area contributed by atoms with E-state index in [1.54, 1.807) is 0 Å². The number of hydrogen-bond donors (Lipinski definition) is 2. The lowest BCUT2D eigenvalue weighted by atomic mass is 9.97. The molecule has 12 heavy (non-hydrogen) atoms. The van der Waals surface area contributed by atoms with Crippen molar-refractivity contribution in [2.75, 3.05) is 0 Å². The Kier molecular flexibility index (Phi) is 3.11. The summed E-state index contributed by atoms with van der Waals surface area (Å²) < 4.78 is 0. The molecular formula is C10H21NS. The molecule has 0 bridgehead atoms. The van der Waals surface area contributed by atoms with Crippen LogP contribution >= 0.6 is 12.6 Å². The number of thiol groups is 1. The van der Waals surface area contributed by atoms with Crippen LogP contribution in [-0.2, 0) is 0 Å². The molecule has 1 N–H and O–H groups in total. The summed E-state index contributed by atoms with van der Waals surface area (Å²) in [5.41, 5.74) is 0. The van der Waals surface area contributed by atoms with E-state index >= 15 is 0 Å². The first-order valence-corrected chi connectivity index (χ1v) is 5.44. The van der Waals surface area contributed by atoms with Crippen LogP contribution in [0.15, 0.2) is 0 Å².